The number of hydrogen-bond acceptors (Lipinski definition) is 3. The van der Waals surface area contributed by atoms with Crippen LogP contribution in [-0.4, -0.2) is 15.5 Å². The third kappa shape index (κ3) is 3.36. The van der Waals surface area contributed by atoms with E-state index in [9.17, 15) is 8.42 Å². The summed E-state index contributed by atoms with van der Waals surface area (Å²) in [5, 5.41) is 2.31. The second-order valence-electron chi connectivity index (χ2n) is 3.77. The number of methoxy groups -OCH3 is 1. The van der Waals surface area contributed by atoms with Crippen molar-refractivity contribution in [2.75, 3.05) is 7.11 Å². The van der Waals surface area contributed by atoms with E-state index in [1.54, 1.807) is 49.6 Å². The fourth-order valence-corrected chi connectivity index (χ4v) is 2.34. The van der Waals surface area contributed by atoms with Crippen molar-refractivity contribution < 1.29 is 13.2 Å². The molecule has 0 fully saturated rings. The molecule has 2 aromatic carbocycles. The van der Waals surface area contributed by atoms with E-state index in [-0.39, 0.29) is 4.90 Å². The van der Waals surface area contributed by atoms with Crippen molar-refractivity contribution in [2.24, 2.45) is 0 Å². The first kappa shape index (κ1) is 13.2. The normalized spacial score (nSPS) is 10.4. The Balaban J connectivity index is 2.28. The van der Waals surface area contributed by atoms with Gasteiger partial charge in [0, 0.05) is 10.8 Å². The maximum absolute atomic E-state index is 11.9. The van der Waals surface area contributed by atoms with Gasteiger partial charge in [0.15, 0.2) is 0 Å². The van der Waals surface area contributed by atoms with Crippen LogP contribution in [0.1, 0.15) is 5.56 Å². The summed E-state index contributed by atoms with van der Waals surface area (Å²) in [5.74, 6) is 3.35. The molecule has 0 saturated heterocycles. The number of benzene rings is 2. The fraction of sp³-hybridized carbons (Fsp3) is 0.0667. The van der Waals surface area contributed by atoms with Gasteiger partial charge >= 0.3 is 0 Å². The molecule has 2 aromatic rings. The van der Waals surface area contributed by atoms with Gasteiger partial charge in [-0.05, 0) is 42.3 Å². The number of rotatable bonds is 2. The molecule has 96 valence electrons. The van der Waals surface area contributed by atoms with Crippen LogP contribution >= 0.6 is 0 Å². The molecule has 0 unspecified atom stereocenters. The standard InChI is InChI=1S/C15H12O3S/c1-18-14-9-7-13(8-10-14)11-12-19(16,17)15-5-3-2-4-6-15/h2-10H,1H3. The lowest BCUT2D eigenvalue weighted by molar-refractivity contribution is 0.415. The Hall–Kier alpha value is -2.25. The Labute approximate surface area is 112 Å². The van der Waals surface area contributed by atoms with Crippen LogP contribution in [0.3, 0.4) is 0 Å². The molecule has 0 N–H and O–H groups in total. The minimum atomic E-state index is -3.57. The second-order valence-corrected chi connectivity index (χ2v) is 5.45. The Morgan fingerprint density at radius 2 is 1.58 bits per heavy atom. The lowest BCUT2D eigenvalue weighted by atomic mass is 10.2. The largest absolute Gasteiger partial charge is 0.497 e. The predicted octanol–water partition coefficient (Wildman–Crippen LogP) is 2.48. The number of ether oxygens (including phenoxy) is 1. The summed E-state index contributed by atoms with van der Waals surface area (Å²) in [7, 11) is -2.00. The Kier molecular flexibility index (Phi) is 3.88. The van der Waals surface area contributed by atoms with Crippen LogP contribution in [-0.2, 0) is 9.84 Å². The third-order valence-corrected chi connectivity index (χ3v) is 3.74. The summed E-state index contributed by atoms with van der Waals surface area (Å²) in [6.45, 7) is 0. The van der Waals surface area contributed by atoms with Gasteiger partial charge in [-0.2, -0.15) is 0 Å². The summed E-state index contributed by atoms with van der Waals surface area (Å²) in [6.07, 6.45) is 0. The van der Waals surface area contributed by atoms with Crippen molar-refractivity contribution in [3.63, 3.8) is 0 Å². The average Bonchev–Trinajstić information content (AvgIpc) is 2.47. The van der Waals surface area contributed by atoms with Crippen LogP contribution in [0.15, 0.2) is 59.5 Å². The van der Waals surface area contributed by atoms with Gasteiger partial charge in [0.2, 0.25) is 9.84 Å². The molecule has 4 heteroatoms. The summed E-state index contributed by atoms with van der Waals surface area (Å²) in [4.78, 5) is 0.205. The van der Waals surface area contributed by atoms with Crippen molar-refractivity contribution in [3.8, 4) is 16.9 Å². The second kappa shape index (κ2) is 5.59. The van der Waals surface area contributed by atoms with E-state index >= 15 is 0 Å². The molecule has 0 spiro atoms. The average molecular weight is 272 g/mol. The lowest BCUT2D eigenvalue weighted by Gasteiger charge is -1.98. The van der Waals surface area contributed by atoms with Crippen molar-refractivity contribution in [1.29, 1.82) is 0 Å². The van der Waals surface area contributed by atoms with Crippen LogP contribution in [0.25, 0.3) is 0 Å². The van der Waals surface area contributed by atoms with Gasteiger partial charge in [-0.15, -0.1) is 0 Å². The molecule has 0 aliphatic heterocycles. The topological polar surface area (TPSA) is 43.4 Å². The molecular formula is C15H12O3S. The molecular weight excluding hydrogens is 260 g/mol. The number of hydrogen-bond donors (Lipinski definition) is 0. The molecule has 0 saturated carbocycles. The quantitative estimate of drug-likeness (QED) is 0.789. The van der Waals surface area contributed by atoms with Crippen molar-refractivity contribution in [1.82, 2.24) is 0 Å². The molecule has 0 heterocycles. The maximum atomic E-state index is 11.9. The monoisotopic (exact) mass is 272 g/mol. The van der Waals surface area contributed by atoms with Gasteiger partial charge in [0.25, 0.3) is 0 Å². The van der Waals surface area contributed by atoms with Gasteiger partial charge < -0.3 is 4.74 Å². The SMILES string of the molecule is COc1ccc(C#CS(=O)(=O)c2ccccc2)cc1. The van der Waals surface area contributed by atoms with Crippen molar-refractivity contribution >= 4 is 9.84 Å². The Morgan fingerprint density at radius 3 is 2.16 bits per heavy atom. The highest BCUT2D eigenvalue weighted by atomic mass is 32.2. The maximum Gasteiger partial charge on any atom is 0.245 e. The zero-order chi connectivity index (χ0) is 13.7. The minimum absolute atomic E-state index is 0.205. The van der Waals surface area contributed by atoms with Crippen LogP contribution in [0, 0.1) is 11.2 Å². The Morgan fingerprint density at radius 1 is 0.947 bits per heavy atom. The summed E-state index contributed by atoms with van der Waals surface area (Å²) in [5.41, 5.74) is 0.625. The van der Waals surface area contributed by atoms with Gasteiger partial charge in [-0.3, -0.25) is 0 Å². The first-order valence-corrected chi connectivity index (χ1v) is 7.07. The molecule has 0 aliphatic rings. The van der Waals surface area contributed by atoms with Crippen LogP contribution in [0.2, 0.25) is 0 Å². The molecule has 0 aliphatic carbocycles. The van der Waals surface area contributed by atoms with Crippen LogP contribution in [0.5, 0.6) is 5.75 Å². The van der Waals surface area contributed by atoms with E-state index in [1.807, 2.05) is 0 Å². The van der Waals surface area contributed by atoms with E-state index in [2.05, 4.69) is 11.2 Å². The third-order valence-electron chi connectivity index (χ3n) is 2.47. The molecule has 0 aromatic heterocycles. The van der Waals surface area contributed by atoms with E-state index in [1.165, 1.54) is 12.1 Å². The van der Waals surface area contributed by atoms with Gasteiger partial charge in [0.1, 0.15) is 5.75 Å². The first-order chi connectivity index (χ1) is 9.12. The van der Waals surface area contributed by atoms with Crippen molar-refractivity contribution in [3.05, 3.63) is 60.2 Å². The lowest BCUT2D eigenvalue weighted by Crippen LogP contribution is -1.96. The zero-order valence-corrected chi connectivity index (χ0v) is 11.1. The molecule has 0 bridgehead atoms. The summed E-state index contributed by atoms with van der Waals surface area (Å²) >= 11 is 0. The van der Waals surface area contributed by atoms with Crippen LogP contribution < -0.4 is 4.74 Å². The van der Waals surface area contributed by atoms with Crippen LogP contribution in [0.4, 0.5) is 0 Å². The highest BCUT2D eigenvalue weighted by Crippen LogP contribution is 2.12. The fourth-order valence-electron chi connectivity index (χ4n) is 1.46. The highest BCUT2D eigenvalue weighted by molar-refractivity contribution is 7.96. The van der Waals surface area contributed by atoms with Crippen molar-refractivity contribution in [2.45, 2.75) is 4.90 Å². The molecule has 0 atom stereocenters. The van der Waals surface area contributed by atoms with Gasteiger partial charge in [-0.25, -0.2) is 8.42 Å². The van der Waals surface area contributed by atoms with E-state index in [4.69, 9.17) is 4.74 Å². The van der Waals surface area contributed by atoms with E-state index in [0.29, 0.717) is 11.3 Å². The molecule has 2 rings (SSSR count). The van der Waals surface area contributed by atoms with Gasteiger partial charge in [-0.1, -0.05) is 18.2 Å². The Bertz CT molecular complexity index is 705. The number of sulfone groups is 1. The predicted molar refractivity (Wildman–Crippen MR) is 73.5 cm³/mol. The highest BCUT2D eigenvalue weighted by Gasteiger charge is 2.08. The minimum Gasteiger partial charge on any atom is -0.497 e. The molecule has 3 nitrogen and oxygen atoms in total. The zero-order valence-electron chi connectivity index (χ0n) is 10.3. The molecule has 0 amide bonds. The van der Waals surface area contributed by atoms with E-state index in [0.717, 1.165) is 0 Å². The smallest absolute Gasteiger partial charge is 0.245 e. The van der Waals surface area contributed by atoms with Gasteiger partial charge in [0.05, 0.1) is 12.0 Å². The first-order valence-electron chi connectivity index (χ1n) is 5.59. The molecule has 0 radical (unpaired) electrons. The summed E-state index contributed by atoms with van der Waals surface area (Å²) < 4.78 is 28.9. The van der Waals surface area contributed by atoms with E-state index < -0.39 is 9.84 Å². The summed E-state index contributed by atoms with van der Waals surface area (Å²) in [6, 6.07) is 15.0. The molecule has 19 heavy (non-hydrogen) atoms.